The Kier molecular flexibility index (Phi) is 7.56. The maximum Gasteiger partial charge on any atom is 0.338 e. The van der Waals surface area contributed by atoms with Crippen LogP contribution in [0.1, 0.15) is 22.1 Å². The summed E-state index contributed by atoms with van der Waals surface area (Å²) in [5, 5.41) is 6.55. The summed E-state index contributed by atoms with van der Waals surface area (Å²) in [6.45, 7) is 1.43. The minimum absolute atomic E-state index is 0.144. The van der Waals surface area contributed by atoms with Gasteiger partial charge in [-0.2, -0.15) is 4.98 Å². The number of hydrogen-bond donors (Lipinski definition) is 1. The fourth-order valence-electron chi connectivity index (χ4n) is 2.91. The lowest BCUT2D eigenvalue weighted by Crippen LogP contribution is -2.21. The molecule has 0 unspecified atom stereocenters. The summed E-state index contributed by atoms with van der Waals surface area (Å²) in [7, 11) is 0. The van der Waals surface area contributed by atoms with E-state index in [9.17, 15) is 9.59 Å². The zero-order valence-electron chi connectivity index (χ0n) is 18.3. The number of aryl methyl sites for hydroxylation is 1. The van der Waals surface area contributed by atoms with Gasteiger partial charge in [-0.3, -0.25) is 4.79 Å². The molecule has 172 valence electrons. The van der Waals surface area contributed by atoms with Crippen LogP contribution in [0, 0.1) is 6.92 Å². The molecule has 0 bridgehead atoms. The van der Waals surface area contributed by atoms with Crippen molar-refractivity contribution < 1.29 is 23.6 Å². The van der Waals surface area contributed by atoms with Gasteiger partial charge in [-0.25, -0.2) is 4.79 Å². The molecule has 0 atom stereocenters. The quantitative estimate of drug-likeness (QED) is 0.341. The Morgan fingerprint density at radius 2 is 1.71 bits per heavy atom. The van der Waals surface area contributed by atoms with Crippen molar-refractivity contribution in [1.82, 2.24) is 10.1 Å². The fraction of sp³-hybridized carbons (Fsp3) is 0.120. The van der Waals surface area contributed by atoms with Crippen molar-refractivity contribution in [2.24, 2.45) is 0 Å². The maximum absolute atomic E-state index is 12.4. The molecule has 1 aromatic heterocycles. The van der Waals surface area contributed by atoms with E-state index in [0.29, 0.717) is 28.7 Å². The molecular weight excluding hydrogens is 454 g/mol. The van der Waals surface area contributed by atoms with Gasteiger partial charge >= 0.3 is 5.97 Å². The number of nitrogens with one attached hydrogen (secondary N) is 1. The van der Waals surface area contributed by atoms with Gasteiger partial charge in [-0.1, -0.05) is 47.3 Å². The third-order valence-electron chi connectivity index (χ3n) is 4.49. The molecular formula is C25H21N3O5S. The third-order valence-corrected chi connectivity index (χ3v) is 5.58. The minimum atomic E-state index is -0.609. The molecule has 0 radical (unpaired) electrons. The monoisotopic (exact) mass is 475 g/mol. The van der Waals surface area contributed by atoms with Gasteiger partial charge in [-0.05, 0) is 48.5 Å². The molecule has 34 heavy (non-hydrogen) atoms. The molecule has 4 aromatic rings. The highest BCUT2D eigenvalue weighted by molar-refractivity contribution is 7.99. The SMILES string of the molecule is Cc1nc(COc2ccc(C(=O)OCC(=O)Nc3ccccc3Sc3ccccc3)cc2)no1. The number of carbonyl (C=O) groups is 2. The summed E-state index contributed by atoms with van der Waals surface area (Å²) in [5.41, 5.74) is 0.950. The first-order chi connectivity index (χ1) is 16.6. The van der Waals surface area contributed by atoms with Gasteiger partial charge in [0, 0.05) is 16.7 Å². The number of para-hydroxylation sites is 1. The van der Waals surface area contributed by atoms with Crippen LogP contribution in [0.5, 0.6) is 5.75 Å². The lowest BCUT2D eigenvalue weighted by Gasteiger charge is -2.11. The molecule has 3 aromatic carbocycles. The van der Waals surface area contributed by atoms with Gasteiger partial charge in [0.1, 0.15) is 5.75 Å². The Labute approximate surface area is 200 Å². The summed E-state index contributed by atoms with van der Waals surface area (Å²) >= 11 is 1.54. The molecule has 0 aliphatic rings. The summed E-state index contributed by atoms with van der Waals surface area (Å²) in [4.78, 5) is 30.7. The van der Waals surface area contributed by atoms with Crippen molar-refractivity contribution in [3.05, 3.63) is 96.1 Å². The minimum Gasteiger partial charge on any atom is -0.485 e. The Balaban J connectivity index is 1.27. The molecule has 0 fully saturated rings. The first-order valence-corrected chi connectivity index (χ1v) is 11.2. The number of carbonyl (C=O) groups excluding carboxylic acids is 2. The molecule has 1 amide bonds. The van der Waals surface area contributed by atoms with Crippen molar-refractivity contribution in [2.45, 2.75) is 23.3 Å². The number of aromatic nitrogens is 2. The normalized spacial score (nSPS) is 10.5. The van der Waals surface area contributed by atoms with Crippen LogP contribution in [0.4, 0.5) is 5.69 Å². The molecule has 8 nitrogen and oxygen atoms in total. The zero-order valence-corrected chi connectivity index (χ0v) is 19.1. The summed E-state index contributed by atoms with van der Waals surface area (Å²) in [5.74, 6) is 0.381. The van der Waals surface area contributed by atoms with Crippen LogP contribution in [0.3, 0.4) is 0 Å². The average molecular weight is 476 g/mol. The molecule has 0 aliphatic carbocycles. The van der Waals surface area contributed by atoms with E-state index in [1.54, 1.807) is 37.3 Å². The van der Waals surface area contributed by atoms with E-state index < -0.39 is 18.5 Å². The summed E-state index contributed by atoms with van der Waals surface area (Å²) < 4.78 is 15.6. The first kappa shape index (κ1) is 23.1. The molecule has 9 heteroatoms. The second kappa shape index (κ2) is 11.2. The predicted molar refractivity (Wildman–Crippen MR) is 126 cm³/mol. The van der Waals surface area contributed by atoms with E-state index in [4.69, 9.17) is 14.0 Å². The van der Waals surface area contributed by atoms with Gasteiger partial charge in [-0.15, -0.1) is 0 Å². The van der Waals surface area contributed by atoms with Gasteiger partial charge in [0.2, 0.25) is 11.7 Å². The van der Waals surface area contributed by atoms with Crippen LogP contribution in [0.2, 0.25) is 0 Å². The van der Waals surface area contributed by atoms with Gasteiger partial charge in [0.15, 0.2) is 13.2 Å². The number of esters is 1. The molecule has 4 rings (SSSR count). The molecule has 1 N–H and O–H groups in total. The Morgan fingerprint density at radius 1 is 0.971 bits per heavy atom. The van der Waals surface area contributed by atoms with Crippen molar-refractivity contribution in [1.29, 1.82) is 0 Å². The first-order valence-electron chi connectivity index (χ1n) is 10.4. The lowest BCUT2D eigenvalue weighted by atomic mass is 10.2. The third kappa shape index (κ3) is 6.46. The molecule has 1 heterocycles. The van der Waals surface area contributed by atoms with Crippen molar-refractivity contribution in [3.63, 3.8) is 0 Å². The van der Waals surface area contributed by atoms with Gasteiger partial charge in [0.05, 0.1) is 11.3 Å². The van der Waals surface area contributed by atoms with Crippen LogP contribution in [0.15, 0.2) is 93.2 Å². The zero-order chi connectivity index (χ0) is 23.8. The van der Waals surface area contributed by atoms with Crippen molar-refractivity contribution >= 4 is 29.3 Å². The van der Waals surface area contributed by atoms with Crippen LogP contribution in [-0.2, 0) is 16.1 Å². The van der Waals surface area contributed by atoms with Crippen molar-refractivity contribution in [3.8, 4) is 5.75 Å². The van der Waals surface area contributed by atoms with Crippen LogP contribution in [0.25, 0.3) is 0 Å². The van der Waals surface area contributed by atoms with Crippen LogP contribution < -0.4 is 10.1 Å². The maximum atomic E-state index is 12.4. The van der Waals surface area contributed by atoms with Crippen LogP contribution in [-0.4, -0.2) is 28.6 Å². The van der Waals surface area contributed by atoms with E-state index in [-0.39, 0.29) is 6.61 Å². The van der Waals surface area contributed by atoms with E-state index in [1.807, 2.05) is 48.5 Å². The fourth-order valence-corrected chi connectivity index (χ4v) is 3.83. The molecule has 0 saturated heterocycles. The number of hydrogen-bond acceptors (Lipinski definition) is 8. The number of benzene rings is 3. The van der Waals surface area contributed by atoms with E-state index in [2.05, 4.69) is 15.5 Å². The second-order valence-corrected chi connectivity index (χ2v) is 8.19. The molecule has 0 spiro atoms. The van der Waals surface area contributed by atoms with Gasteiger partial charge < -0.3 is 19.3 Å². The number of rotatable bonds is 9. The Bertz CT molecular complexity index is 1260. The average Bonchev–Trinajstić information content (AvgIpc) is 3.28. The molecule has 0 aliphatic heterocycles. The van der Waals surface area contributed by atoms with E-state index in [0.717, 1.165) is 9.79 Å². The van der Waals surface area contributed by atoms with E-state index in [1.165, 1.54) is 11.8 Å². The highest BCUT2D eigenvalue weighted by Gasteiger charge is 2.13. The van der Waals surface area contributed by atoms with Crippen molar-refractivity contribution in [2.75, 3.05) is 11.9 Å². The van der Waals surface area contributed by atoms with Crippen LogP contribution >= 0.6 is 11.8 Å². The van der Waals surface area contributed by atoms with E-state index >= 15 is 0 Å². The lowest BCUT2D eigenvalue weighted by molar-refractivity contribution is -0.119. The summed E-state index contributed by atoms with van der Waals surface area (Å²) in [6.07, 6.45) is 0. The van der Waals surface area contributed by atoms with Gasteiger partial charge in [0.25, 0.3) is 5.91 Å². The number of amides is 1. The standard InChI is InChI=1S/C25H21N3O5S/c1-17-26-23(28-33-17)15-31-19-13-11-18(12-14-19)25(30)32-16-24(29)27-21-9-5-6-10-22(21)34-20-7-3-2-4-8-20/h2-14H,15-16H2,1H3,(H,27,29). The topological polar surface area (TPSA) is 104 Å². The highest BCUT2D eigenvalue weighted by atomic mass is 32.2. The number of ether oxygens (including phenoxy) is 2. The second-order valence-electron chi connectivity index (χ2n) is 7.08. The Hall–Kier alpha value is -4.11. The smallest absolute Gasteiger partial charge is 0.338 e. The summed E-state index contributed by atoms with van der Waals surface area (Å²) in [6, 6.07) is 23.7. The predicted octanol–water partition coefficient (Wildman–Crippen LogP) is 4.90. The molecule has 0 saturated carbocycles. The Morgan fingerprint density at radius 3 is 2.44 bits per heavy atom. The largest absolute Gasteiger partial charge is 0.485 e. The number of nitrogens with zero attached hydrogens (tertiary/aromatic N) is 2. The highest BCUT2D eigenvalue weighted by Crippen LogP contribution is 2.33. The number of anilines is 1.